The van der Waals surface area contributed by atoms with Crippen LogP contribution in [0.3, 0.4) is 0 Å². The molecule has 0 amide bonds. The van der Waals surface area contributed by atoms with Gasteiger partial charge >= 0.3 is 0 Å². The summed E-state index contributed by atoms with van der Waals surface area (Å²) >= 11 is 0. The van der Waals surface area contributed by atoms with Crippen LogP contribution in [0.5, 0.6) is 11.5 Å². The average Bonchev–Trinajstić information content (AvgIpc) is 3.25. The summed E-state index contributed by atoms with van der Waals surface area (Å²) in [6.07, 6.45) is 10.2. The van der Waals surface area contributed by atoms with E-state index in [1.54, 1.807) is 6.07 Å². The number of nitrogens with two attached hydrogens (primary N) is 2. The van der Waals surface area contributed by atoms with Crippen LogP contribution in [0.15, 0.2) is 84.9 Å². The fraction of sp³-hybridized carbons (Fsp3) is 0.458. The molecule has 4 heterocycles. The topological polar surface area (TPSA) is 117 Å². The van der Waals surface area contributed by atoms with Crippen LogP contribution in [0.2, 0.25) is 0 Å². The van der Waals surface area contributed by atoms with Gasteiger partial charge in [0.25, 0.3) is 0 Å². The molecule has 8 rings (SSSR count). The van der Waals surface area contributed by atoms with Crippen molar-refractivity contribution in [3.63, 3.8) is 0 Å². The first-order valence-corrected chi connectivity index (χ1v) is 21.0. The minimum atomic E-state index is -0.156. The lowest BCUT2D eigenvalue weighted by atomic mass is 9.83. The number of hydrogen-bond donors (Lipinski definition) is 4. The van der Waals surface area contributed by atoms with E-state index >= 15 is 0 Å². The van der Waals surface area contributed by atoms with Crippen LogP contribution in [0.25, 0.3) is 6.08 Å². The molecule has 0 unspecified atom stereocenters. The van der Waals surface area contributed by atoms with Gasteiger partial charge in [0.15, 0.2) is 0 Å². The Hall–Kier alpha value is -4.09. The number of rotatable bonds is 9. The number of aromatic hydroxyl groups is 2. The number of phenolic OH excluding ortho intramolecular Hbond substituents is 2. The number of aryl methyl sites for hydroxylation is 2. The minimum absolute atomic E-state index is 0.0735. The average molecular weight is 777 g/mol. The summed E-state index contributed by atoms with van der Waals surface area (Å²) in [5.41, 5.74) is 19.9. The highest BCUT2D eigenvalue weighted by Crippen LogP contribution is 2.42. The molecule has 2 saturated heterocycles. The lowest BCUT2D eigenvalue weighted by Gasteiger charge is -2.40. The largest absolute Gasteiger partial charge is 0.507 e. The molecule has 9 heteroatoms. The molecule has 304 valence electrons. The van der Waals surface area contributed by atoms with Gasteiger partial charge in [0, 0.05) is 55.7 Å². The van der Waals surface area contributed by atoms with Crippen molar-refractivity contribution in [1.82, 2.24) is 9.80 Å². The molecular formula is C48H61FN4O4. The molecule has 4 aliphatic rings. The van der Waals surface area contributed by atoms with Crippen molar-refractivity contribution in [2.45, 2.75) is 83.3 Å². The van der Waals surface area contributed by atoms with Crippen molar-refractivity contribution in [1.29, 1.82) is 0 Å². The predicted molar refractivity (Wildman–Crippen MR) is 225 cm³/mol. The number of nitrogens with zero attached hydrogens (tertiary/aromatic N) is 2. The normalized spacial score (nSPS) is 23.5. The molecule has 6 N–H and O–H groups in total. The van der Waals surface area contributed by atoms with Crippen LogP contribution < -0.4 is 11.5 Å². The van der Waals surface area contributed by atoms with Gasteiger partial charge in [-0.25, -0.2) is 4.39 Å². The third-order valence-electron chi connectivity index (χ3n) is 12.8. The van der Waals surface area contributed by atoms with Crippen molar-refractivity contribution < 1.29 is 24.1 Å². The molecule has 0 bridgehead atoms. The Morgan fingerprint density at radius 1 is 0.667 bits per heavy atom. The fourth-order valence-electron chi connectivity index (χ4n) is 9.32. The molecular weight excluding hydrogens is 716 g/mol. The third-order valence-corrected chi connectivity index (χ3v) is 12.8. The predicted octanol–water partition coefficient (Wildman–Crippen LogP) is 7.76. The second-order valence-electron chi connectivity index (χ2n) is 16.5. The van der Waals surface area contributed by atoms with E-state index in [9.17, 15) is 14.6 Å². The molecule has 4 aromatic rings. The maximum atomic E-state index is 13.9. The van der Waals surface area contributed by atoms with E-state index in [-0.39, 0.29) is 30.2 Å². The van der Waals surface area contributed by atoms with Crippen LogP contribution in [0.4, 0.5) is 4.39 Å². The lowest BCUT2D eigenvalue weighted by molar-refractivity contribution is -0.0651. The third kappa shape index (κ3) is 9.79. The summed E-state index contributed by atoms with van der Waals surface area (Å²) < 4.78 is 26.7. The van der Waals surface area contributed by atoms with E-state index in [1.165, 1.54) is 11.6 Å². The van der Waals surface area contributed by atoms with Crippen molar-refractivity contribution in [3.05, 3.63) is 135 Å². The molecule has 0 spiro atoms. The minimum Gasteiger partial charge on any atom is -0.507 e. The van der Waals surface area contributed by atoms with E-state index in [0.29, 0.717) is 43.0 Å². The summed E-state index contributed by atoms with van der Waals surface area (Å²) in [5.74, 6) is 1.64. The Bertz CT molecular complexity index is 1960. The van der Waals surface area contributed by atoms with Crippen LogP contribution in [0.1, 0.15) is 82.4 Å². The SMILES string of the molecule is Cc1ccc2c(c1O)C[C@@H](C1CCN(CC=Cc3ccccc3)CC1)O[C@H]2CN.Cc1ccc2c(c1O)C[C@@H](C1CCN(Cc3ccccc3F)CC1)O[C@H]2CN. The second kappa shape index (κ2) is 19.1. The monoisotopic (exact) mass is 776 g/mol. The maximum Gasteiger partial charge on any atom is 0.127 e. The number of likely N-dealkylation sites (tertiary alicyclic amines) is 2. The standard InChI is InChI=1S/C25H32N2O2.C23H29FN2O2/c1-18-9-10-21-22(25(18)28)16-23(29-24(21)17-26)20-11-14-27(15-12-20)13-5-8-19-6-3-2-4-7-19;1-15-6-7-18-19(23(15)27)12-21(28-22(18)13-25)16-8-10-26(11-9-16)14-17-4-2-3-5-20(17)24/h2-10,20,23-24,28H,11-17,26H2,1H3;2-7,16,21-22,27H,8-14,25H2,1H3/t23-,24-;21-,22-/m00/s1. The number of phenols is 2. The molecule has 8 nitrogen and oxygen atoms in total. The van der Waals surface area contributed by atoms with E-state index in [1.807, 2.05) is 50.2 Å². The number of ether oxygens (including phenoxy) is 2. The molecule has 0 aromatic heterocycles. The lowest BCUT2D eigenvalue weighted by Crippen LogP contribution is -2.42. The first kappa shape index (κ1) is 41.1. The highest BCUT2D eigenvalue weighted by molar-refractivity contribution is 5.50. The van der Waals surface area contributed by atoms with E-state index in [0.717, 1.165) is 110 Å². The molecule has 4 aliphatic heterocycles. The Morgan fingerprint density at radius 3 is 1.67 bits per heavy atom. The van der Waals surface area contributed by atoms with Gasteiger partial charge in [0.05, 0.1) is 24.4 Å². The summed E-state index contributed by atoms with van der Waals surface area (Å²) in [4.78, 5) is 4.82. The van der Waals surface area contributed by atoms with Gasteiger partial charge in [-0.05, 0) is 111 Å². The van der Waals surface area contributed by atoms with Crippen molar-refractivity contribution in [3.8, 4) is 11.5 Å². The van der Waals surface area contributed by atoms with Crippen LogP contribution in [0, 0.1) is 31.5 Å². The molecule has 2 fully saturated rings. The van der Waals surface area contributed by atoms with Gasteiger partial charge in [0.2, 0.25) is 0 Å². The van der Waals surface area contributed by atoms with Crippen molar-refractivity contribution >= 4 is 6.08 Å². The number of halogens is 1. The maximum absolute atomic E-state index is 13.9. The van der Waals surface area contributed by atoms with E-state index < -0.39 is 0 Å². The highest BCUT2D eigenvalue weighted by Gasteiger charge is 2.37. The number of hydrogen-bond acceptors (Lipinski definition) is 8. The Balaban J connectivity index is 0.000000174. The zero-order valence-electron chi connectivity index (χ0n) is 33.7. The highest BCUT2D eigenvalue weighted by atomic mass is 19.1. The van der Waals surface area contributed by atoms with Gasteiger partial charge in [-0.1, -0.05) is 84.9 Å². The molecule has 0 radical (unpaired) electrons. The van der Waals surface area contributed by atoms with Gasteiger partial charge < -0.3 is 31.2 Å². The first-order chi connectivity index (χ1) is 27.7. The Kier molecular flexibility index (Phi) is 13.8. The van der Waals surface area contributed by atoms with Gasteiger partial charge in [-0.15, -0.1) is 0 Å². The van der Waals surface area contributed by atoms with Gasteiger partial charge in [-0.2, -0.15) is 0 Å². The molecule has 0 aliphatic carbocycles. The second-order valence-corrected chi connectivity index (χ2v) is 16.5. The van der Waals surface area contributed by atoms with E-state index in [2.05, 4.69) is 52.3 Å². The number of fused-ring (bicyclic) bond motifs is 2. The Labute approximate surface area is 338 Å². The Morgan fingerprint density at radius 2 is 1.16 bits per heavy atom. The number of benzene rings is 4. The zero-order chi connectivity index (χ0) is 39.9. The number of piperidine rings is 2. The van der Waals surface area contributed by atoms with Gasteiger partial charge in [-0.3, -0.25) is 9.80 Å². The summed E-state index contributed by atoms with van der Waals surface area (Å²) in [6.45, 7) is 10.4. The molecule has 4 aromatic carbocycles. The zero-order valence-corrected chi connectivity index (χ0v) is 33.7. The first-order valence-electron chi connectivity index (χ1n) is 21.0. The summed E-state index contributed by atoms with van der Waals surface area (Å²) in [5, 5.41) is 21.2. The molecule has 57 heavy (non-hydrogen) atoms. The van der Waals surface area contributed by atoms with Crippen LogP contribution in [-0.2, 0) is 28.9 Å². The van der Waals surface area contributed by atoms with Crippen molar-refractivity contribution in [2.24, 2.45) is 23.3 Å². The van der Waals surface area contributed by atoms with Crippen molar-refractivity contribution in [2.75, 3.05) is 45.8 Å². The molecule has 0 saturated carbocycles. The summed E-state index contributed by atoms with van der Waals surface area (Å²) in [7, 11) is 0. The smallest absolute Gasteiger partial charge is 0.127 e. The van der Waals surface area contributed by atoms with Crippen LogP contribution in [-0.4, -0.2) is 78.0 Å². The molecule has 4 atom stereocenters. The fourth-order valence-corrected chi connectivity index (χ4v) is 9.32. The van der Waals surface area contributed by atoms with Gasteiger partial charge in [0.1, 0.15) is 17.3 Å². The summed E-state index contributed by atoms with van der Waals surface area (Å²) in [6, 6.07) is 25.5. The van der Waals surface area contributed by atoms with Crippen LogP contribution >= 0.6 is 0 Å². The quantitative estimate of drug-likeness (QED) is 0.136. The van der Waals surface area contributed by atoms with E-state index in [4.69, 9.17) is 20.9 Å².